The van der Waals surface area contributed by atoms with Gasteiger partial charge in [0.2, 0.25) is 0 Å². The van der Waals surface area contributed by atoms with Gasteiger partial charge in [-0.15, -0.1) is 0 Å². The van der Waals surface area contributed by atoms with E-state index >= 15 is 0 Å². The number of amides is 1. The number of esters is 1. The fourth-order valence-electron chi connectivity index (χ4n) is 2.93. The Kier molecular flexibility index (Phi) is 5.41. The lowest BCUT2D eigenvalue weighted by atomic mass is 9.98. The zero-order valence-electron chi connectivity index (χ0n) is 13.2. The van der Waals surface area contributed by atoms with Gasteiger partial charge in [-0.25, -0.2) is 4.79 Å². The lowest BCUT2D eigenvalue weighted by Gasteiger charge is -2.21. The molecule has 1 atom stereocenters. The highest BCUT2D eigenvalue weighted by Gasteiger charge is 2.22. The summed E-state index contributed by atoms with van der Waals surface area (Å²) in [5.41, 5.74) is 0.516. The van der Waals surface area contributed by atoms with Crippen molar-refractivity contribution < 1.29 is 19.4 Å². The molecule has 0 saturated carbocycles. The van der Waals surface area contributed by atoms with Crippen LogP contribution in [-0.4, -0.2) is 42.1 Å². The Balaban J connectivity index is 2.18. The molecular formula is C17H23NO4. The van der Waals surface area contributed by atoms with Crippen LogP contribution < -0.4 is 0 Å². The highest BCUT2D eigenvalue weighted by molar-refractivity contribution is 5.98. The summed E-state index contributed by atoms with van der Waals surface area (Å²) in [6.07, 6.45) is 4.28. The maximum Gasteiger partial charge on any atom is 0.338 e. The molecule has 1 saturated heterocycles. The number of hydrogen-bond donors (Lipinski definition) is 1. The molecule has 0 bridgehead atoms. The van der Waals surface area contributed by atoms with Crippen LogP contribution in [-0.2, 0) is 4.74 Å². The Labute approximate surface area is 130 Å². The van der Waals surface area contributed by atoms with Crippen molar-refractivity contribution in [2.45, 2.75) is 32.6 Å². The Bertz CT molecular complexity index is 556. The molecular weight excluding hydrogens is 282 g/mol. The fourth-order valence-corrected chi connectivity index (χ4v) is 2.93. The quantitative estimate of drug-likeness (QED) is 0.872. The van der Waals surface area contributed by atoms with Crippen LogP contribution in [0.2, 0.25) is 0 Å². The molecule has 1 amide bonds. The van der Waals surface area contributed by atoms with Crippen molar-refractivity contribution in [3.8, 4) is 5.75 Å². The van der Waals surface area contributed by atoms with Gasteiger partial charge >= 0.3 is 5.97 Å². The number of methoxy groups -OCH3 is 1. The van der Waals surface area contributed by atoms with Crippen molar-refractivity contribution in [1.29, 1.82) is 0 Å². The highest BCUT2D eigenvalue weighted by atomic mass is 16.5. The largest absolute Gasteiger partial charge is 0.508 e. The molecule has 0 aliphatic carbocycles. The van der Waals surface area contributed by atoms with Crippen LogP contribution in [0.3, 0.4) is 0 Å². The summed E-state index contributed by atoms with van der Waals surface area (Å²) in [5, 5.41) is 9.74. The zero-order chi connectivity index (χ0) is 16.1. The van der Waals surface area contributed by atoms with Gasteiger partial charge in [-0.2, -0.15) is 0 Å². The number of carbonyl (C=O) groups excluding carboxylic acids is 2. The van der Waals surface area contributed by atoms with Crippen LogP contribution in [0.5, 0.6) is 5.75 Å². The average Bonchev–Trinajstić information content (AvgIpc) is 2.78. The van der Waals surface area contributed by atoms with E-state index in [2.05, 4.69) is 11.7 Å². The Morgan fingerprint density at radius 3 is 2.64 bits per heavy atom. The Morgan fingerprint density at radius 2 is 1.95 bits per heavy atom. The lowest BCUT2D eigenvalue weighted by Crippen LogP contribution is -2.32. The second-order valence-corrected chi connectivity index (χ2v) is 5.76. The van der Waals surface area contributed by atoms with Crippen LogP contribution in [0.25, 0.3) is 0 Å². The minimum absolute atomic E-state index is 0.104. The van der Waals surface area contributed by atoms with Gasteiger partial charge in [0.25, 0.3) is 5.91 Å². The summed E-state index contributed by atoms with van der Waals surface area (Å²) < 4.78 is 4.65. The number of ether oxygens (including phenoxy) is 1. The highest BCUT2D eigenvalue weighted by Crippen LogP contribution is 2.23. The third-order valence-electron chi connectivity index (χ3n) is 4.30. The standard InChI is InChI=1S/C17H23NO4/c1-3-12-5-4-7-18(8-6-12)16(20)13-9-14(17(21)22-2)11-15(19)10-13/h9-12,19H,3-8H2,1-2H3/t12-/m1/s1. The van der Waals surface area contributed by atoms with E-state index in [1.807, 2.05) is 4.90 Å². The molecule has 1 heterocycles. The monoisotopic (exact) mass is 305 g/mol. The number of phenols is 1. The van der Waals surface area contributed by atoms with Crippen molar-refractivity contribution in [3.05, 3.63) is 29.3 Å². The van der Waals surface area contributed by atoms with Crippen LogP contribution in [0.4, 0.5) is 0 Å². The summed E-state index contributed by atoms with van der Waals surface area (Å²) in [6.45, 7) is 3.62. The van der Waals surface area contributed by atoms with Crippen LogP contribution in [0.1, 0.15) is 53.3 Å². The molecule has 0 aromatic heterocycles. The molecule has 5 nitrogen and oxygen atoms in total. The summed E-state index contributed by atoms with van der Waals surface area (Å²) >= 11 is 0. The second-order valence-electron chi connectivity index (χ2n) is 5.76. The second kappa shape index (κ2) is 7.29. The molecule has 1 aliphatic heterocycles. The van der Waals surface area contributed by atoms with Gasteiger partial charge in [-0.1, -0.05) is 13.3 Å². The molecule has 22 heavy (non-hydrogen) atoms. The minimum Gasteiger partial charge on any atom is -0.508 e. The number of likely N-dealkylation sites (tertiary alicyclic amines) is 1. The topological polar surface area (TPSA) is 66.8 Å². The molecule has 1 N–H and O–H groups in total. The molecule has 0 spiro atoms. The molecule has 0 unspecified atom stereocenters. The summed E-state index contributed by atoms with van der Waals surface area (Å²) in [5.74, 6) is -0.134. The molecule has 5 heteroatoms. The summed E-state index contributed by atoms with van der Waals surface area (Å²) in [7, 11) is 1.27. The number of aromatic hydroxyl groups is 1. The van der Waals surface area contributed by atoms with E-state index in [1.165, 1.54) is 25.3 Å². The maximum absolute atomic E-state index is 12.6. The van der Waals surface area contributed by atoms with Gasteiger partial charge < -0.3 is 14.7 Å². The molecule has 1 aliphatic rings. The van der Waals surface area contributed by atoms with E-state index < -0.39 is 5.97 Å². The first kappa shape index (κ1) is 16.3. The predicted octanol–water partition coefficient (Wildman–Crippen LogP) is 2.83. The SMILES string of the molecule is CC[C@@H]1CCCN(C(=O)c2cc(O)cc(C(=O)OC)c2)CC1. The normalized spacial score (nSPS) is 18.6. The number of hydrogen-bond acceptors (Lipinski definition) is 4. The van der Waals surface area contributed by atoms with E-state index in [0.717, 1.165) is 38.8 Å². The van der Waals surface area contributed by atoms with Gasteiger partial charge in [0.1, 0.15) is 5.75 Å². The summed E-state index contributed by atoms with van der Waals surface area (Å²) in [6, 6.07) is 4.19. The van der Waals surface area contributed by atoms with Gasteiger partial charge in [0.05, 0.1) is 12.7 Å². The third-order valence-corrected chi connectivity index (χ3v) is 4.30. The number of nitrogens with zero attached hydrogens (tertiary/aromatic N) is 1. The van der Waals surface area contributed by atoms with Crippen molar-refractivity contribution >= 4 is 11.9 Å². The minimum atomic E-state index is -0.563. The maximum atomic E-state index is 12.6. The van der Waals surface area contributed by atoms with Crippen LogP contribution >= 0.6 is 0 Å². The molecule has 0 radical (unpaired) electrons. The molecule has 1 aromatic rings. The molecule has 1 fully saturated rings. The van der Waals surface area contributed by atoms with E-state index in [9.17, 15) is 14.7 Å². The van der Waals surface area contributed by atoms with E-state index in [4.69, 9.17) is 0 Å². The van der Waals surface area contributed by atoms with Crippen molar-refractivity contribution in [2.75, 3.05) is 20.2 Å². The van der Waals surface area contributed by atoms with Gasteiger partial charge in [-0.3, -0.25) is 4.79 Å². The van der Waals surface area contributed by atoms with Crippen LogP contribution in [0.15, 0.2) is 18.2 Å². The molecule has 1 aromatic carbocycles. The van der Waals surface area contributed by atoms with E-state index in [1.54, 1.807) is 0 Å². The number of carbonyl (C=O) groups is 2. The van der Waals surface area contributed by atoms with Gasteiger partial charge in [0, 0.05) is 18.7 Å². The van der Waals surface area contributed by atoms with Crippen LogP contribution in [0, 0.1) is 5.92 Å². The van der Waals surface area contributed by atoms with Crippen molar-refractivity contribution in [3.63, 3.8) is 0 Å². The first-order chi connectivity index (χ1) is 10.5. The Morgan fingerprint density at radius 1 is 1.23 bits per heavy atom. The Hall–Kier alpha value is -2.04. The molecule has 2 rings (SSSR count). The van der Waals surface area contributed by atoms with Gasteiger partial charge in [0.15, 0.2) is 0 Å². The average molecular weight is 305 g/mol. The number of rotatable bonds is 3. The fraction of sp³-hybridized carbons (Fsp3) is 0.529. The summed E-state index contributed by atoms with van der Waals surface area (Å²) in [4.78, 5) is 26.0. The van der Waals surface area contributed by atoms with E-state index in [0.29, 0.717) is 11.5 Å². The zero-order valence-corrected chi connectivity index (χ0v) is 13.2. The van der Waals surface area contributed by atoms with Crippen molar-refractivity contribution in [2.24, 2.45) is 5.92 Å². The predicted molar refractivity (Wildman–Crippen MR) is 83.0 cm³/mol. The van der Waals surface area contributed by atoms with E-state index in [-0.39, 0.29) is 17.2 Å². The number of phenolic OH excluding ortho intramolecular Hbond substituents is 1. The van der Waals surface area contributed by atoms with Gasteiger partial charge in [-0.05, 0) is 43.4 Å². The molecule has 120 valence electrons. The first-order valence-electron chi connectivity index (χ1n) is 7.76. The smallest absolute Gasteiger partial charge is 0.338 e. The van der Waals surface area contributed by atoms with Crippen molar-refractivity contribution in [1.82, 2.24) is 4.90 Å². The number of benzene rings is 1. The first-order valence-corrected chi connectivity index (χ1v) is 7.76. The third kappa shape index (κ3) is 3.78. The lowest BCUT2D eigenvalue weighted by molar-refractivity contribution is 0.0600.